The molecule has 3 heteroatoms. The Morgan fingerprint density at radius 2 is 2.57 bits per heavy atom. The molecule has 1 aliphatic heterocycles. The smallest absolute Gasteiger partial charge is 0.337 e. The Balaban J connectivity index is 2.08. The molecule has 0 aromatic rings. The average molecular weight is 193 g/mol. The van der Waals surface area contributed by atoms with Gasteiger partial charge in [0, 0.05) is 13.1 Å². The van der Waals surface area contributed by atoms with Crippen LogP contribution in [0.2, 0.25) is 0 Å². The highest BCUT2D eigenvalue weighted by molar-refractivity contribution is 5.92. The van der Waals surface area contributed by atoms with Crippen LogP contribution >= 0.6 is 0 Å². The predicted octanol–water partition coefficient (Wildman–Crippen LogP) is 1.03. The van der Waals surface area contributed by atoms with Gasteiger partial charge in [-0.2, -0.15) is 0 Å². The molecule has 0 amide bonds. The second kappa shape index (κ2) is 3.96. The zero-order valence-electron chi connectivity index (χ0n) is 8.38. The highest BCUT2D eigenvalue weighted by Crippen LogP contribution is 2.26. The topological polar surface area (TPSA) is 38.3 Å². The summed E-state index contributed by atoms with van der Waals surface area (Å²) in [6, 6.07) is 0. The normalized spacial score (nSPS) is 25.1. The molecule has 14 heavy (non-hydrogen) atoms. The summed E-state index contributed by atoms with van der Waals surface area (Å²) in [6.07, 6.45) is 4.93. The number of esters is 1. The lowest BCUT2D eigenvalue weighted by molar-refractivity contribution is -0.138. The predicted molar refractivity (Wildman–Crippen MR) is 53.8 cm³/mol. The molecule has 2 rings (SSSR count). The SMILES string of the molecule is CCOC(=O)C1=CCC2CNCC2=C1. The van der Waals surface area contributed by atoms with Crippen molar-refractivity contribution >= 4 is 5.97 Å². The van der Waals surface area contributed by atoms with E-state index in [1.165, 1.54) is 5.57 Å². The van der Waals surface area contributed by atoms with E-state index in [9.17, 15) is 4.79 Å². The molecule has 0 aromatic heterocycles. The molecular formula is C11H15NO2. The number of rotatable bonds is 2. The maximum absolute atomic E-state index is 11.4. The Bertz CT molecular complexity index is 304. The van der Waals surface area contributed by atoms with Crippen LogP contribution in [0.3, 0.4) is 0 Å². The van der Waals surface area contributed by atoms with Gasteiger partial charge in [0.25, 0.3) is 0 Å². The molecule has 1 atom stereocenters. The minimum Gasteiger partial charge on any atom is -0.462 e. The summed E-state index contributed by atoms with van der Waals surface area (Å²) in [5.74, 6) is 0.415. The molecule has 0 bridgehead atoms. The number of nitrogens with one attached hydrogen (secondary N) is 1. The fourth-order valence-electron chi connectivity index (χ4n) is 1.95. The summed E-state index contributed by atoms with van der Waals surface area (Å²) in [5.41, 5.74) is 2.07. The number of hydrogen-bond donors (Lipinski definition) is 1. The molecule has 1 unspecified atom stereocenters. The lowest BCUT2D eigenvalue weighted by Gasteiger charge is -2.15. The van der Waals surface area contributed by atoms with E-state index in [-0.39, 0.29) is 5.97 Å². The van der Waals surface area contributed by atoms with Crippen LogP contribution < -0.4 is 5.32 Å². The van der Waals surface area contributed by atoms with Gasteiger partial charge in [0.15, 0.2) is 0 Å². The third kappa shape index (κ3) is 1.73. The third-order valence-electron chi connectivity index (χ3n) is 2.72. The fraction of sp³-hybridized carbons (Fsp3) is 0.545. The Kier molecular flexibility index (Phi) is 2.68. The van der Waals surface area contributed by atoms with Gasteiger partial charge in [-0.1, -0.05) is 11.6 Å². The molecule has 0 saturated carbocycles. The summed E-state index contributed by atoms with van der Waals surface area (Å²) >= 11 is 0. The Morgan fingerprint density at radius 1 is 1.71 bits per heavy atom. The Hall–Kier alpha value is -1.09. The molecule has 1 aliphatic carbocycles. The molecule has 0 spiro atoms. The molecule has 0 radical (unpaired) electrons. The summed E-state index contributed by atoms with van der Waals surface area (Å²) in [6.45, 7) is 4.23. The van der Waals surface area contributed by atoms with E-state index in [4.69, 9.17) is 4.74 Å². The largest absolute Gasteiger partial charge is 0.462 e. The van der Waals surface area contributed by atoms with Crippen LogP contribution in [0.4, 0.5) is 0 Å². The van der Waals surface area contributed by atoms with Crippen molar-refractivity contribution in [2.75, 3.05) is 19.7 Å². The van der Waals surface area contributed by atoms with E-state index in [0.29, 0.717) is 12.5 Å². The van der Waals surface area contributed by atoms with Gasteiger partial charge in [-0.3, -0.25) is 0 Å². The first-order chi connectivity index (χ1) is 6.81. The third-order valence-corrected chi connectivity index (χ3v) is 2.72. The van der Waals surface area contributed by atoms with Crippen molar-refractivity contribution in [3.63, 3.8) is 0 Å². The molecule has 1 heterocycles. The van der Waals surface area contributed by atoms with E-state index in [1.807, 2.05) is 19.1 Å². The Morgan fingerprint density at radius 3 is 3.36 bits per heavy atom. The number of fused-ring (bicyclic) bond motifs is 1. The van der Waals surface area contributed by atoms with Gasteiger partial charge < -0.3 is 10.1 Å². The highest BCUT2D eigenvalue weighted by Gasteiger charge is 2.24. The molecule has 0 aromatic carbocycles. The first kappa shape index (κ1) is 9.46. The molecular weight excluding hydrogens is 178 g/mol. The first-order valence-electron chi connectivity index (χ1n) is 5.09. The van der Waals surface area contributed by atoms with Crippen molar-refractivity contribution in [1.82, 2.24) is 5.32 Å². The lowest BCUT2D eigenvalue weighted by Crippen LogP contribution is -2.13. The average Bonchev–Trinajstić information content (AvgIpc) is 2.64. The maximum Gasteiger partial charge on any atom is 0.337 e. The highest BCUT2D eigenvalue weighted by atomic mass is 16.5. The Labute approximate surface area is 83.8 Å². The van der Waals surface area contributed by atoms with Gasteiger partial charge >= 0.3 is 5.97 Å². The quantitative estimate of drug-likeness (QED) is 0.665. The number of hydrogen-bond acceptors (Lipinski definition) is 3. The van der Waals surface area contributed by atoms with Gasteiger partial charge in [0.2, 0.25) is 0 Å². The van der Waals surface area contributed by atoms with E-state index in [2.05, 4.69) is 5.32 Å². The minimum absolute atomic E-state index is 0.189. The van der Waals surface area contributed by atoms with Crippen LogP contribution in [0, 0.1) is 5.92 Å². The van der Waals surface area contributed by atoms with E-state index in [1.54, 1.807) is 0 Å². The summed E-state index contributed by atoms with van der Waals surface area (Å²) in [7, 11) is 0. The molecule has 1 saturated heterocycles. The van der Waals surface area contributed by atoms with E-state index in [0.717, 1.165) is 25.1 Å². The molecule has 2 aliphatic rings. The first-order valence-corrected chi connectivity index (χ1v) is 5.09. The van der Waals surface area contributed by atoms with Crippen LogP contribution in [-0.4, -0.2) is 25.7 Å². The van der Waals surface area contributed by atoms with E-state index < -0.39 is 0 Å². The summed E-state index contributed by atoms with van der Waals surface area (Å²) in [5, 5.41) is 3.30. The number of carbonyl (C=O) groups excluding carboxylic acids is 1. The lowest BCUT2D eigenvalue weighted by atomic mass is 9.91. The second-order valence-electron chi connectivity index (χ2n) is 3.66. The van der Waals surface area contributed by atoms with Gasteiger partial charge in [-0.05, 0) is 25.3 Å². The zero-order chi connectivity index (χ0) is 9.97. The standard InChI is InChI=1S/C11H15NO2/c1-2-14-11(13)8-3-4-9-6-12-7-10(9)5-8/h3,5,9,12H,2,4,6-7H2,1H3. The monoisotopic (exact) mass is 193 g/mol. The number of carbonyl (C=O) groups is 1. The number of ether oxygens (including phenoxy) is 1. The van der Waals surface area contributed by atoms with Crippen LogP contribution in [0.5, 0.6) is 0 Å². The van der Waals surface area contributed by atoms with Crippen molar-refractivity contribution in [2.45, 2.75) is 13.3 Å². The molecule has 1 N–H and O–H groups in total. The van der Waals surface area contributed by atoms with Crippen LogP contribution in [0.1, 0.15) is 13.3 Å². The second-order valence-corrected chi connectivity index (χ2v) is 3.66. The van der Waals surface area contributed by atoms with Crippen LogP contribution in [0.25, 0.3) is 0 Å². The van der Waals surface area contributed by atoms with Gasteiger partial charge in [0.1, 0.15) is 0 Å². The molecule has 3 nitrogen and oxygen atoms in total. The van der Waals surface area contributed by atoms with Gasteiger partial charge in [0.05, 0.1) is 12.2 Å². The van der Waals surface area contributed by atoms with Crippen molar-refractivity contribution in [3.8, 4) is 0 Å². The van der Waals surface area contributed by atoms with Gasteiger partial charge in [-0.25, -0.2) is 4.79 Å². The van der Waals surface area contributed by atoms with Crippen LogP contribution in [-0.2, 0) is 9.53 Å². The maximum atomic E-state index is 11.4. The van der Waals surface area contributed by atoms with Crippen molar-refractivity contribution in [2.24, 2.45) is 5.92 Å². The van der Waals surface area contributed by atoms with Crippen molar-refractivity contribution < 1.29 is 9.53 Å². The zero-order valence-corrected chi connectivity index (χ0v) is 8.38. The van der Waals surface area contributed by atoms with Crippen LogP contribution in [0.15, 0.2) is 23.3 Å². The summed E-state index contributed by atoms with van der Waals surface area (Å²) in [4.78, 5) is 11.4. The molecule has 1 fully saturated rings. The van der Waals surface area contributed by atoms with Gasteiger partial charge in [-0.15, -0.1) is 0 Å². The van der Waals surface area contributed by atoms with E-state index >= 15 is 0 Å². The van der Waals surface area contributed by atoms with Crippen molar-refractivity contribution in [1.29, 1.82) is 0 Å². The number of allylic oxidation sites excluding steroid dienone is 1. The fourth-order valence-corrected chi connectivity index (χ4v) is 1.95. The van der Waals surface area contributed by atoms with Crippen molar-refractivity contribution in [3.05, 3.63) is 23.3 Å². The minimum atomic E-state index is -0.189. The summed E-state index contributed by atoms with van der Waals surface area (Å²) < 4.78 is 4.96. The molecule has 76 valence electrons.